The second-order valence-electron chi connectivity index (χ2n) is 16.8. The summed E-state index contributed by atoms with van der Waals surface area (Å²) in [6.45, 7) is 4.87. The first-order chi connectivity index (χ1) is 27.5. The van der Waals surface area contributed by atoms with Crippen LogP contribution in [-0.4, -0.2) is 47.4 Å². The van der Waals surface area contributed by atoms with E-state index in [1.165, 1.54) is 161 Å². The smallest absolute Gasteiger partial charge is 0.305 e. The van der Waals surface area contributed by atoms with Crippen LogP contribution >= 0.6 is 0 Å². The van der Waals surface area contributed by atoms with Crippen molar-refractivity contribution < 1.29 is 24.5 Å². The molecule has 6 nitrogen and oxygen atoms in total. The average Bonchev–Trinajstić information content (AvgIpc) is 3.20. The van der Waals surface area contributed by atoms with Gasteiger partial charge in [0, 0.05) is 12.8 Å². The summed E-state index contributed by atoms with van der Waals surface area (Å²) in [6, 6.07) is -0.554. The molecule has 0 spiro atoms. The molecule has 0 rings (SSSR count). The maximum Gasteiger partial charge on any atom is 0.305 e. The summed E-state index contributed by atoms with van der Waals surface area (Å²) in [5.74, 6) is -0.0778. The van der Waals surface area contributed by atoms with E-state index in [0.29, 0.717) is 25.9 Å². The van der Waals surface area contributed by atoms with Crippen LogP contribution in [0, 0.1) is 0 Å². The highest BCUT2D eigenvalue weighted by Crippen LogP contribution is 2.16. The van der Waals surface area contributed by atoms with Crippen LogP contribution in [0.4, 0.5) is 0 Å². The molecule has 330 valence electrons. The molecular weight excluding hydrogens is 695 g/mol. The molecule has 0 aliphatic heterocycles. The van der Waals surface area contributed by atoms with E-state index in [0.717, 1.165) is 64.2 Å². The molecule has 0 saturated heterocycles. The lowest BCUT2D eigenvalue weighted by atomic mass is 10.0. The number of hydrogen-bond donors (Lipinski definition) is 3. The molecule has 0 bridgehead atoms. The van der Waals surface area contributed by atoms with Crippen LogP contribution in [0.1, 0.15) is 258 Å². The predicted molar refractivity (Wildman–Crippen MR) is 241 cm³/mol. The number of ether oxygens (including phenoxy) is 1. The molecule has 0 fully saturated rings. The van der Waals surface area contributed by atoms with E-state index >= 15 is 0 Å². The number of carbonyl (C=O) groups is 2. The van der Waals surface area contributed by atoms with Gasteiger partial charge in [0.2, 0.25) is 5.91 Å². The molecule has 0 radical (unpaired) electrons. The molecule has 0 aliphatic carbocycles. The molecule has 0 heterocycles. The highest BCUT2D eigenvalue weighted by Gasteiger charge is 2.20. The second-order valence-corrected chi connectivity index (χ2v) is 16.8. The van der Waals surface area contributed by atoms with E-state index in [1.807, 2.05) is 0 Å². The molecular formula is C50H95NO5. The first kappa shape index (κ1) is 54.3. The largest absolute Gasteiger partial charge is 0.466 e. The number of allylic oxidation sites excluding steroid dienone is 4. The highest BCUT2D eigenvalue weighted by molar-refractivity contribution is 5.76. The molecule has 0 saturated carbocycles. The van der Waals surface area contributed by atoms with Crippen molar-refractivity contribution in [1.82, 2.24) is 5.32 Å². The Morgan fingerprint density at radius 2 is 0.893 bits per heavy atom. The topological polar surface area (TPSA) is 95.9 Å². The van der Waals surface area contributed by atoms with Gasteiger partial charge in [0.1, 0.15) is 0 Å². The van der Waals surface area contributed by atoms with Crippen LogP contribution in [0.5, 0.6) is 0 Å². The van der Waals surface area contributed by atoms with Crippen molar-refractivity contribution >= 4 is 11.9 Å². The van der Waals surface area contributed by atoms with Crippen LogP contribution in [0.2, 0.25) is 0 Å². The number of aliphatic hydroxyl groups is 2. The van der Waals surface area contributed by atoms with Gasteiger partial charge in [-0.05, 0) is 57.8 Å². The molecule has 6 heteroatoms. The van der Waals surface area contributed by atoms with E-state index in [9.17, 15) is 19.8 Å². The quantitative estimate of drug-likeness (QED) is 0.0324. The van der Waals surface area contributed by atoms with E-state index in [4.69, 9.17) is 4.74 Å². The standard InChI is InChI=1S/C50H95NO5/c1-3-5-7-9-11-13-15-16-17-18-19-20-24-28-32-36-40-44-50(55)56-45-41-37-33-29-25-21-23-27-31-35-39-43-49(54)51-47(46-52)48(53)42-38-34-30-26-22-14-12-10-8-6-4-2/h11,13,16-17,47-48,52-53H,3-10,12,14-15,18-46H2,1-2H3,(H,51,54)/b13-11-,17-16-. The number of esters is 1. The fourth-order valence-electron chi connectivity index (χ4n) is 7.43. The van der Waals surface area contributed by atoms with Gasteiger partial charge in [-0.15, -0.1) is 0 Å². The zero-order chi connectivity index (χ0) is 40.8. The number of aliphatic hydroxyl groups excluding tert-OH is 2. The molecule has 1 amide bonds. The van der Waals surface area contributed by atoms with Crippen molar-refractivity contribution in [3.05, 3.63) is 24.3 Å². The van der Waals surface area contributed by atoms with Crippen molar-refractivity contribution in [2.24, 2.45) is 0 Å². The lowest BCUT2D eigenvalue weighted by Crippen LogP contribution is -2.45. The van der Waals surface area contributed by atoms with Crippen LogP contribution in [-0.2, 0) is 14.3 Å². The van der Waals surface area contributed by atoms with Gasteiger partial charge in [0.15, 0.2) is 0 Å². The van der Waals surface area contributed by atoms with E-state index in [-0.39, 0.29) is 18.5 Å². The zero-order valence-corrected chi connectivity index (χ0v) is 37.4. The Kier molecular flexibility index (Phi) is 44.7. The number of rotatable bonds is 45. The SMILES string of the molecule is CCCCC/C=C\C/C=C\CCCCCCCCCC(=O)OCCCCCCCCCCCCCC(=O)NC(CO)C(O)CCCCCCCCCCCCC. The third-order valence-corrected chi connectivity index (χ3v) is 11.3. The minimum absolute atomic E-state index is 0.0219. The highest BCUT2D eigenvalue weighted by atomic mass is 16.5. The number of nitrogens with one attached hydrogen (secondary N) is 1. The Balaban J connectivity index is 3.46. The van der Waals surface area contributed by atoms with Crippen molar-refractivity contribution in [3.63, 3.8) is 0 Å². The fraction of sp³-hybridized carbons (Fsp3) is 0.880. The van der Waals surface area contributed by atoms with E-state index in [2.05, 4.69) is 43.5 Å². The summed E-state index contributed by atoms with van der Waals surface area (Å²) in [5.41, 5.74) is 0. The van der Waals surface area contributed by atoms with Gasteiger partial charge in [-0.3, -0.25) is 9.59 Å². The van der Waals surface area contributed by atoms with E-state index in [1.54, 1.807) is 0 Å². The van der Waals surface area contributed by atoms with Gasteiger partial charge in [0.25, 0.3) is 0 Å². The predicted octanol–water partition coefficient (Wildman–Crippen LogP) is 14.3. The van der Waals surface area contributed by atoms with Gasteiger partial charge in [-0.1, -0.05) is 212 Å². The lowest BCUT2D eigenvalue weighted by molar-refractivity contribution is -0.143. The van der Waals surface area contributed by atoms with Gasteiger partial charge in [0.05, 0.1) is 25.4 Å². The molecule has 0 aliphatic rings. The van der Waals surface area contributed by atoms with E-state index < -0.39 is 12.1 Å². The molecule has 2 unspecified atom stereocenters. The van der Waals surface area contributed by atoms with Crippen LogP contribution < -0.4 is 5.32 Å². The minimum atomic E-state index is -0.675. The fourth-order valence-corrected chi connectivity index (χ4v) is 7.43. The Labute approximate surface area is 348 Å². The van der Waals surface area contributed by atoms with Crippen molar-refractivity contribution in [1.29, 1.82) is 0 Å². The Morgan fingerprint density at radius 1 is 0.500 bits per heavy atom. The summed E-state index contributed by atoms with van der Waals surface area (Å²) in [4.78, 5) is 24.4. The zero-order valence-electron chi connectivity index (χ0n) is 37.4. The summed E-state index contributed by atoms with van der Waals surface area (Å²) in [5, 5.41) is 23.1. The normalized spacial score (nSPS) is 12.9. The summed E-state index contributed by atoms with van der Waals surface area (Å²) >= 11 is 0. The Hall–Kier alpha value is -1.66. The van der Waals surface area contributed by atoms with Gasteiger partial charge < -0.3 is 20.3 Å². The Bertz CT molecular complexity index is 874. The number of carbonyl (C=O) groups excluding carboxylic acids is 2. The van der Waals surface area contributed by atoms with Crippen LogP contribution in [0.3, 0.4) is 0 Å². The molecule has 0 aromatic heterocycles. The third-order valence-electron chi connectivity index (χ3n) is 11.3. The van der Waals surface area contributed by atoms with Crippen molar-refractivity contribution in [2.75, 3.05) is 13.2 Å². The molecule has 2 atom stereocenters. The van der Waals surface area contributed by atoms with Crippen LogP contribution in [0.25, 0.3) is 0 Å². The maximum absolute atomic E-state index is 12.4. The Morgan fingerprint density at radius 3 is 1.39 bits per heavy atom. The summed E-state index contributed by atoms with van der Waals surface area (Å²) in [7, 11) is 0. The van der Waals surface area contributed by atoms with Crippen molar-refractivity contribution in [2.45, 2.75) is 270 Å². The molecule has 0 aromatic rings. The molecule has 0 aromatic carbocycles. The second kappa shape index (κ2) is 46.0. The van der Waals surface area contributed by atoms with Crippen LogP contribution in [0.15, 0.2) is 24.3 Å². The average molecular weight is 790 g/mol. The minimum Gasteiger partial charge on any atom is -0.466 e. The van der Waals surface area contributed by atoms with Gasteiger partial charge in [-0.2, -0.15) is 0 Å². The molecule has 56 heavy (non-hydrogen) atoms. The summed E-state index contributed by atoms with van der Waals surface area (Å²) in [6.07, 6.45) is 52.8. The number of unbranched alkanes of at least 4 members (excludes halogenated alkanes) is 30. The molecule has 3 N–H and O–H groups in total. The lowest BCUT2D eigenvalue weighted by Gasteiger charge is -2.22. The van der Waals surface area contributed by atoms with Gasteiger partial charge >= 0.3 is 5.97 Å². The van der Waals surface area contributed by atoms with Crippen molar-refractivity contribution in [3.8, 4) is 0 Å². The van der Waals surface area contributed by atoms with Gasteiger partial charge in [-0.25, -0.2) is 0 Å². The number of amides is 1. The number of hydrogen-bond acceptors (Lipinski definition) is 5. The first-order valence-corrected chi connectivity index (χ1v) is 24.6. The monoisotopic (exact) mass is 790 g/mol. The summed E-state index contributed by atoms with van der Waals surface area (Å²) < 4.78 is 5.46. The third kappa shape index (κ3) is 42.0. The maximum atomic E-state index is 12.4. The first-order valence-electron chi connectivity index (χ1n) is 24.6.